The van der Waals surface area contributed by atoms with Gasteiger partial charge in [0, 0.05) is 22.2 Å². The van der Waals surface area contributed by atoms with E-state index in [1.807, 2.05) is 12.1 Å². The SMILES string of the molecule is CC(C)C(CNC(C)(C)C)Sc1ccccc1F. The van der Waals surface area contributed by atoms with Crippen LogP contribution >= 0.6 is 11.8 Å². The van der Waals surface area contributed by atoms with Gasteiger partial charge in [-0.3, -0.25) is 0 Å². The molecule has 0 spiro atoms. The van der Waals surface area contributed by atoms with Crippen molar-refractivity contribution in [2.24, 2.45) is 5.92 Å². The van der Waals surface area contributed by atoms with Crippen LogP contribution in [0.1, 0.15) is 34.6 Å². The van der Waals surface area contributed by atoms with Crippen LogP contribution < -0.4 is 5.32 Å². The lowest BCUT2D eigenvalue weighted by Gasteiger charge is -2.27. The van der Waals surface area contributed by atoms with Crippen LogP contribution in [-0.2, 0) is 0 Å². The second-order valence-corrected chi connectivity index (χ2v) is 7.24. The fraction of sp³-hybridized carbons (Fsp3) is 0.600. The average Bonchev–Trinajstić information content (AvgIpc) is 2.24. The Kier molecular flexibility index (Phi) is 5.67. The molecule has 18 heavy (non-hydrogen) atoms. The van der Waals surface area contributed by atoms with Gasteiger partial charge in [0.25, 0.3) is 0 Å². The Morgan fingerprint density at radius 3 is 2.33 bits per heavy atom. The molecule has 0 fully saturated rings. The molecule has 0 aliphatic carbocycles. The lowest BCUT2D eigenvalue weighted by molar-refractivity contribution is 0.407. The number of benzene rings is 1. The Balaban J connectivity index is 2.67. The van der Waals surface area contributed by atoms with Crippen LogP contribution in [0.25, 0.3) is 0 Å². The molecule has 1 atom stereocenters. The molecule has 0 aliphatic rings. The Hall–Kier alpha value is -0.540. The van der Waals surface area contributed by atoms with Gasteiger partial charge >= 0.3 is 0 Å². The van der Waals surface area contributed by atoms with Crippen molar-refractivity contribution in [3.8, 4) is 0 Å². The van der Waals surface area contributed by atoms with Gasteiger partial charge in [0.1, 0.15) is 5.82 Å². The predicted octanol–water partition coefficient (Wildman–Crippen LogP) is 4.33. The van der Waals surface area contributed by atoms with E-state index in [9.17, 15) is 4.39 Å². The zero-order valence-electron chi connectivity index (χ0n) is 12.0. The minimum Gasteiger partial charge on any atom is -0.311 e. The highest BCUT2D eigenvalue weighted by Gasteiger charge is 2.19. The zero-order valence-corrected chi connectivity index (χ0v) is 12.8. The van der Waals surface area contributed by atoms with Gasteiger partial charge in [0.05, 0.1) is 0 Å². The Morgan fingerprint density at radius 1 is 1.22 bits per heavy atom. The van der Waals surface area contributed by atoms with Crippen molar-refractivity contribution in [3.63, 3.8) is 0 Å². The summed E-state index contributed by atoms with van der Waals surface area (Å²) in [6.07, 6.45) is 0. The second kappa shape index (κ2) is 6.58. The van der Waals surface area contributed by atoms with E-state index in [-0.39, 0.29) is 11.4 Å². The van der Waals surface area contributed by atoms with Gasteiger partial charge < -0.3 is 5.32 Å². The summed E-state index contributed by atoms with van der Waals surface area (Å²) < 4.78 is 13.6. The minimum absolute atomic E-state index is 0.100. The third-order valence-electron chi connectivity index (χ3n) is 2.69. The fourth-order valence-electron chi connectivity index (χ4n) is 1.52. The van der Waals surface area contributed by atoms with E-state index in [0.717, 1.165) is 11.4 Å². The number of thioether (sulfide) groups is 1. The topological polar surface area (TPSA) is 12.0 Å². The molecule has 0 heterocycles. The number of halogens is 1. The lowest BCUT2D eigenvalue weighted by Crippen LogP contribution is -2.41. The number of rotatable bonds is 5. The molecule has 1 nitrogen and oxygen atoms in total. The highest BCUT2D eigenvalue weighted by Crippen LogP contribution is 2.29. The van der Waals surface area contributed by atoms with Gasteiger partial charge in [-0.05, 0) is 38.8 Å². The summed E-state index contributed by atoms with van der Waals surface area (Å²) in [5.41, 5.74) is 0.100. The zero-order chi connectivity index (χ0) is 13.8. The predicted molar refractivity (Wildman–Crippen MR) is 78.6 cm³/mol. The highest BCUT2D eigenvalue weighted by molar-refractivity contribution is 8.00. The molecular weight excluding hydrogens is 245 g/mol. The molecule has 0 aliphatic heterocycles. The van der Waals surface area contributed by atoms with Crippen LogP contribution in [0.3, 0.4) is 0 Å². The van der Waals surface area contributed by atoms with Crippen molar-refractivity contribution < 1.29 is 4.39 Å². The quantitative estimate of drug-likeness (QED) is 0.798. The summed E-state index contributed by atoms with van der Waals surface area (Å²) in [7, 11) is 0. The first-order valence-electron chi connectivity index (χ1n) is 6.46. The third-order valence-corrected chi connectivity index (χ3v) is 4.29. The van der Waals surface area contributed by atoms with E-state index in [1.54, 1.807) is 17.8 Å². The molecule has 0 amide bonds. The largest absolute Gasteiger partial charge is 0.311 e. The van der Waals surface area contributed by atoms with E-state index in [4.69, 9.17) is 0 Å². The van der Waals surface area contributed by atoms with Crippen molar-refractivity contribution in [2.75, 3.05) is 6.54 Å². The van der Waals surface area contributed by atoms with Gasteiger partial charge in [0.2, 0.25) is 0 Å². The molecule has 102 valence electrons. The molecule has 1 aromatic carbocycles. The average molecular weight is 269 g/mol. The summed E-state index contributed by atoms with van der Waals surface area (Å²) in [5.74, 6) is 0.383. The highest BCUT2D eigenvalue weighted by atomic mass is 32.2. The van der Waals surface area contributed by atoms with E-state index in [2.05, 4.69) is 39.9 Å². The second-order valence-electron chi connectivity index (χ2n) is 5.96. The molecule has 1 N–H and O–H groups in total. The molecule has 0 saturated heterocycles. The monoisotopic (exact) mass is 269 g/mol. The summed E-state index contributed by atoms with van der Waals surface area (Å²) in [5, 5.41) is 3.88. The molecule has 1 rings (SSSR count). The van der Waals surface area contributed by atoms with Gasteiger partial charge in [-0.15, -0.1) is 11.8 Å². The van der Waals surface area contributed by atoms with Crippen LogP contribution in [0.5, 0.6) is 0 Å². The first-order valence-corrected chi connectivity index (χ1v) is 7.34. The third kappa shape index (κ3) is 5.40. The van der Waals surface area contributed by atoms with Gasteiger partial charge in [-0.25, -0.2) is 4.39 Å². The first kappa shape index (κ1) is 15.5. The number of nitrogens with one attached hydrogen (secondary N) is 1. The summed E-state index contributed by atoms with van der Waals surface area (Å²) in [6.45, 7) is 11.7. The lowest BCUT2D eigenvalue weighted by atomic mass is 10.1. The van der Waals surface area contributed by atoms with Crippen LogP contribution in [0, 0.1) is 11.7 Å². The molecular formula is C15H24FNS. The Labute approximate surface area is 115 Å². The van der Waals surface area contributed by atoms with E-state index in [0.29, 0.717) is 11.2 Å². The fourth-order valence-corrected chi connectivity index (χ4v) is 2.63. The van der Waals surface area contributed by atoms with Crippen molar-refractivity contribution >= 4 is 11.8 Å². The Morgan fingerprint density at radius 2 is 1.83 bits per heavy atom. The normalized spacial score (nSPS) is 13.9. The molecule has 0 saturated carbocycles. The molecule has 0 aromatic heterocycles. The van der Waals surface area contributed by atoms with Crippen LogP contribution in [0.4, 0.5) is 4.39 Å². The van der Waals surface area contributed by atoms with Crippen molar-refractivity contribution in [3.05, 3.63) is 30.1 Å². The van der Waals surface area contributed by atoms with Crippen molar-refractivity contribution in [1.29, 1.82) is 0 Å². The first-order chi connectivity index (χ1) is 8.29. The number of hydrogen-bond donors (Lipinski definition) is 1. The summed E-state index contributed by atoms with van der Waals surface area (Å²) in [6, 6.07) is 7.00. The molecule has 0 bridgehead atoms. The van der Waals surface area contributed by atoms with Gasteiger partial charge in [-0.2, -0.15) is 0 Å². The maximum absolute atomic E-state index is 13.6. The van der Waals surface area contributed by atoms with E-state index >= 15 is 0 Å². The van der Waals surface area contributed by atoms with Gasteiger partial charge in [0.15, 0.2) is 0 Å². The van der Waals surface area contributed by atoms with E-state index < -0.39 is 0 Å². The summed E-state index contributed by atoms with van der Waals surface area (Å²) in [4.78, 5) is 0.743. The molecule has 3 heteroatoms. The molecule has 1 unspecified atom stereocenters. The van der Waals surface area contributed by atoms with Crippen molar-refractivity contribution in [2.45, 2.75) is 50.3 Å². The standard InChI is InChI=1S/C15H24FNS/c1-11(2)14(10-17-15(3,4)5)18-13-9-7-6-8-12(13)16/h6-9,11,14,17H,10H2,1-5H3. The molecule has 0 radical (unpaired) electrons. The van der Waals surface area contributed by atoms with Crippen molar-refractivity contribution in [1.82, 2.24) is 5.32 Å². The minimum atomic E-state index is -0.121. The smallest absolute Gasteiger partial charge is 0.136 e. The van der Waals surface area contributed by atoms with Crippen LogP contribution in [0.2, 0.25) is 0 Å². The maximum atomic E-state index is 13.6. The van der Waals surface area contributed by atoms with Crippen LogP contribution in [-0.4, -0.2) is 17.3 Å². The Bertz CT molecular complexity index is 371. The van der Waals surface area contributed by atoms with Crippen LogP contribution in [0.15, 0.2) is 29.2 Å². The van der Waals surface area contributed by atoms with Gasteiger partial charge in [-0.1, -0.05) is 26.0 Å². The summed E-state index contributed by atoms with van der Waals surface area (Å²) >= 11 is 1.63. The van der Waals surface area contributed by atoms with E-state index in [1.165, 1.54) is 6.07 Å². The number of hydrogen-bond acceptors (Lipinski definition) is 2. The maximum Gasteiger partial charge on any atom is 0.136 e. The molecule has 1 aromatic rings.